The van der Waals surface area contributed by atoms with E-state index in [9.17, 15) is 4.79 Å². The highest BCUT2D eigenvalue weighted by Gasteiger charge is 2.09. The molecule has 0 saturated carbocycles. The molecular weight excluding hydrogens is 338 g/mol. The van der Waals surface area contributed by atoms with Crippen LogP contribution in [-0.4, -0.2) is 15.9 Å². The van der Waals surface area contributed by atoms with E-state index in [1.54, 1.807) is 22.7 Å². The fourth-order valence-corrected chi connectivity index (χ4v) is 3.82. The number of aromatic nitrogens is 2. The number of hydrogen-bond donors (Lipinski definition) is 1. The second-order valence-electron chi connectivity index (χ2n) is 5.91. The van der Waals surface area contributed by atoms with E-state index >= 15 is 0 Å². The van der Waals surface area contributed by atoms with Gasteiger partial charge in [0, 0.05) is 33.6 Å². The summed E-state index contributed by atoms with van der Waals surface area (Å²) in [6.07, 6.45) is 0.783. The molecule has 6 heteroatoms. The molecule has 2 heterocycles. The van der Waals surface area contributed by atoms with E-state index in [1.807, 2.05) is 45.0 Å². The van der Waals surface area contributed by atoms with Crippen molar-refractivity contribution in [3.63, 3.8) is 0 Å². The lowest BCUT2D eigenvalue weighted by molar-refractivity contribution is -0.118. The fraction of sp³-hybridized carbons (Fsp3) is 0.278. The number of carbonyl (C=O) groups is 1. The summed E-state index contributed by atoms with van der Waals surface area (Å²) in [5, 5.41) is 9.19. The molecule has 0 radical (unpaired) electrons. The first kappa shape index (κ1) is 16.8. The van der Waals surface area contributed by atoms with E-state index in [0.717, 1.165) is 39.1 Å². The van der Waals surface area contributed by atoms with Crippen LogP contribution in [0, 0.1) is 12.8 Å². The van der Waals surface area contributed by atoms with E-state index in [4.69, 9.17) is 4.98 Å². The predicted octanol–water partition coefficient (Wildman–Crippen LogP) is 4.76. The van der Waals surface area contributed by atoms with Crippen LogP contribution in [0.5, 0.6) is 0 Å². The summed E-state index contributed by atoms with van der Waals surface area (Å²) >= 11 is 3.33. The molecule has 2 aromatic heterocycles. The van der Waals surface area contributed by atoms with E-state index in [0.29, 0.717) is 0 Å². The Morgan fingerprint density at radius 1 is 1.08 bits per heavy atom. The van der Waals surface area contributed by atoms with E-state index in [2.05, 4.69) is 21.1 Å². The Labute approximate surface area is 149 Å². The van der Waals surface area contributed by atoms with Gasteiger partial charge in [0.25, 0.3) is 0 Å². The Kier molecular flexibility index (Phi) is 5.06. The number of aryl methyl sites for hydroxylation is 1. The van der Waals surface area contributed by atoms with Crippen molar-refractivity contribution in [3.8, 4) is 11.3 Å². The van der Waals surface area contributed by atoms with Crippen LogP contribution in [-0.2, 0) is 11.2 Å². The predicted molar refractivity (Wildman–Crippen MR) is 101 cm³/mol. The van der Waals surface area contributed by atoms with Gasteiger partial charge in [-0.1, -0.05) is 26.0 Å². The quantitative estimate of drug-likeness (QED) is 0.716. The number of thiazole rings is 2. The molecule has 0 atom stereocenters. The first-order chi connectivity index (χ1) is 11.5. The average Bonchev–Trinajstić information content (AvgIpc) is 3.17. The van der Waals surface area contributed by atoms with Crippen LogP contribution in [0.25, 0.3) is 11.3 Å². The molecule has 3 aromatic rings. The molecular formula is C18H19N3OS2. The minimum atomic E-state index is -0.0275. The fourth-order valence-electron chi connectivity index (χ4n) is 2.15. The van der Waals surface area contributed by atoms with Gasteiger partial charge in [-0.25, -0.2) is 9.97 Å². The van der Waals surface area contributed by atoms with Crippen molar-refractivity contribution < 1.29 is 4.79 Å². The maximum atomic E-state index is 11.7. The summed E-state index contributed by atoms with van der Waals surface area (Å²) in [7, 11) is 0. The average molecular weight is 358 g/mol. The standard InChI is InChI=1S/C18H19N3OS2/c1-11(2)18(22)20-14-6-4-13(5-7-14)15-10-24-17(21-15)8-16-19-12(3)9-23-16/h4-7,9-11H,8H2,1-3H3,(H,20,22). The highest BCUT2D eigenvalue weighted by molar-refractivity contribution is 7.11. The third-order valence-corrected chi connectivity index (χ3v) is 5.31. The first-order valence-corrected chi connectivity index (χ1v) is 9.54. The van der Waals surface area contributed by atoms with Gasteiger partial charge in [0.05, 0.1) is 17.1 Å². The Morgan fingerprint density at radius 2 is 1.75 bits per heavy atom. The van der Waals surface area contributed by atoms with E-state index < -0.39 is 0 Å². The number of anilines is 1. The molecule has 0 aliphatic carbocycles. The summed E-state index contributed by atoms with van der Waals surface area (Å²) in [5.41, 5.74) is 3.89. The van der Waals surface area contributed by atoms with Gasteiger partial charge < -0.3 is 5.32 Å². The minimum Gasteiger partial charge on any atom is -0.326 e. The molecule has 124 valence electrons. The van der Waals surface area contributed by atoms with Crippen molar-refractivity contribution in [1.82, 2.24) is 9.97 Å². The zero-order valence-corrected chi connectivity index (χ0v) is 15.5. The second kappa shape index (κ2) is 7.23. The van der Waals surface area contributed by atoms with Gasteiger partial charge in [-0.3, -0.25) is 4.79 Å². The SMILES string of the molecule is Cc1csc(Cc2nc(-c3ccc(NC(=O)C(C)C)cc3)cs2)n1. The highest BCUT2D eigenvalue weighted by Crippen LogP contribution is 2.25. The Balaban J connectivity index is 1.69. The summed E-state index contributed by atoms with van der Waals surface area (Å²) in [6, 6.07) is 7.81. The van der Waals surface area contributed by atoms with Crippen molar-refractivity contribution in [2.45, 2.75) is 27.2 Å². The Morgan fingerprint density at radius 3 is 2.38 bits per heavy atom. The van der Waals surface area contributed by atoms with Gasteiger partial charge in [0.1, 0.15) is 5.01 Å². The molecule has 4 nitrogen and oxygen atoms in total. The van der Waals surface area contributed by atoms with Crippen LogP contribution in [0.15, 0.2) is 35.0 Å². The van der Waals surface area contributed by atoms with Crippen LogP contribution in [0.4, 0.5) is 5.69 Å². The maximum Gasteiger partial charge on any atom is 0.226 e. The Hall–Kier alpha value is -2.05. The molecule has 1 N–H and O–H groups in total. The van der Waals surface area contributed by atoms with Crippen molar-refractivity contribution in [1.29, 1.82) is 0 Å². The number of benzene rings is 1. The van der Waals surface area contributed by atoms with Gasteiger partial charge in [-0.15, -0.1) is 22.7 Å². The van der Waals surface area contributed by atoms with Crippen LogP contribution in [0.1, 0.15) is 29.6 Å². The molecule has 0 bridgehead atoms. The van der Waals surface area contributed by atoms with Gasteiger partial charge in [0.15, 0.2) is 0 Å². The van der Waals surface area contributed by atoms with Gasteiger partial charge in [0.2, 0.25) is 5.91 Å². The monoisotopic (exact) mass is 357 g/mol. The number of carbonyl (C=O) groups excluding carboxylic acids is 1. The highest BCUT2D eigenvalue weighted by atomic mass is 32.1. The third-order valence-electron chi connectivity index (χ3n) is 3.49. The molecule has 0 saturated heterocycles. The molecule has 0 aliphatic rings. The lowest BCUT2D eigenvalue weighted by atomic mass is 10.1. The van der Waals surface area contributed by atoms with E-state index in [-0.39, 0.29) is 11.8 Å². The topological polar surface area (TPSA) is 54.9 Å². The van der Waals surface area contributed by atoms with Gasteiger partial charge >= 0.3 is 0 Å². The van der Waals surface area contributed by atoms with Gasteiger partial charge in [-0.2, -0.15) is 0 Å². The number of hydrogen-bond acceptors (Lipinski definition) is 5. The van der Waals surface area contributed by atoms with Crippen LogP contribution >= 0.6 is 22.7 Å². The van der Waals surface area contributed by atoms with Crippen molar-refractivity contribution >= 4 is 34.3 Å². The number of nitrogens with zero attached hydrogens (tertiary/aromatic N) is 2. The minimum absolute atomic E-state index is 0.0254. The number of rotatable bonds is 5. The molecule has 0 unspecified atom stereocenters. The van der Waals surface area contributed by atoms with Gasteiger partial charge in [-0.05, 0) is 19.1 Å². The summed E-state index contributed by atoms with van der Waals surface area (Å²) in [4.78, 5) is 20.9. The zero-order valence-electron chi connectivity index (χ0n) is 13.9. The van der Waals surface area contributed by atoms with Crippen molar-refractivity contribution in [2.24, 2.45) is 5.92 Å². The smallest absolute Gasteiger partial charge is 0.226 e. The summed E-state index contributed by atoms with van der Waals surface area (Å²) < 4.78 is 0. The lowest BCUT2D eigenvalue weighted by Crippen LogP contribution is -2.17. The van der Waals surface area contributed by atoms with Crippen molar-refractivity contribution in [3.05, 3.63) is 50.7 Å². The first-order valence-electron chi connectivity index (χ1n) is 7.78. The zero-order chi connectivity index (χ0) is 17.1. The molecule has 24 heavy (non-hydrogen) atoms. The number of nitrogens with one attached hydrogen (secondary N) is 1. The summed E-state index contributed by atoms with van der Waals surface area (Å²) in [5.74, 6) is -0.00212. The molecule has 0 fully saturated rings. The molecule has 1 amide bonds. The van der Waals surface area contributed by atoms with Crippen LogP contribution in [0.2, 0.25) is 0 Å². The van der Waals surface area contributed by atoms with E-state index in [1.165, 1.54) is 0 Å². The van der Waals surface area contributed by atoms with Crippen molar-refractivity contribution in [2.75, 3.05) is 5.32 Å². The molecule has 0 spiro atoms. The normalized spacial score (nSPS) is 11.0. The molecule has 0 aliphatic heterocycles. The number of amides is 1. The molecule has 3 rings (SSSR count). The van der Waals surface area contributed by atoms with Crippen LogP contribution < -0.4 is 5.32 Å². The van der Waals surface area contributed by atoms with Crippen LogP contribution in [0.3, 0.4) is 0 Å². The second-order valence-corrected chi connectivity index (χ2v) is 7.79. The third kappa shape index (κ3) is 4.07. The summed E-state index contributed by atoms with van der Waals surface area (Å²) in [6.45, 7) is 5.77. The lowest BCUT2D eigenvalue weighted by Gasteiger charge is -2.07. The Bertz CT molecular complexity index is 834. The maximum absolute atomic E-state index is 11.7. The molecule has 1 aromatic carbocycles. The largest absolute Gasteiger partial charge is 0.326 e.